The molecule has 4 rings (SSSR count). The molecule has 0 saturated carbocycles. The SMILES string of the molecule is CN(CCc1ccncc1)Cc1c(-c2ccco2)[nH]c2ncccc12. The Morgan fingerprint density at radius 3 is 2.76 bits per heavy atom. The first-order valence-corrected chi connectivity index (χ1v) is 8.38. The van der Waals surface area contributed by atoms with E-state index in [0.717, 1.165) is 42.0 Å². The summed E-state index contributed by atoms with van der Waals surface area (Å²) in [7, 11) is 2.14. The minimum absolute atomic E-state index is 0.826. The summed E-state index contributed by atoms with van der Waals surface area (Å²) in [5, 5.41) is 1.14. The lowest BCUT2D eigenvalue weighted by Gasteiger charge is -2.17. The fraction of sp³-hybridized carbons (Fsp3) is 0.200. The van der Waals surface area contributed by atoms with Gasteiger partial charge in [-0.2, -0.15) is 0 Å². The van der Waals surface area contributed by atoms with Crippen molar-refractivity contribution in [2.45, 2.75) is 13.0 Å². The monoisotopic (exact) mass is 332 g/mol. The molecule has 5 nitrogen and oxygen atoms in total. The van der Waals surface area contributed by atoms with Gasteiger partial charge < -0.3 is 14.3 Å². The number of aromatic amines is 1. The molecular weight excluding hydrogens is 312 g/mol. The predicted molar refractivity (Wildman–Crippen MR) is 98.1 cm³/mol. The van der Waals surface area contributed by atoms with Crippen molar-refractivity contribution < 1.29 is 4.42 Å². The zero-order chi connectivity index (χ0) is 17.1. The Morgan fingerprint density at radius 2 is 1.96 bits per heavy atom. The van der Waals surface area contributed by atoms with Gasteiger partial charge in [-0.05, 0) is 55.4 Å². The van der Waals surface area contributed by atoms with Crippen LogP contribution in [0.4, 0.5) is 0 Å². The summed E-state index contributed by atoms with van der Waals surface area (Å²) in [4.78, 5) is 14.3. The molecule has 0 radical (unpaired) electrons. The Morgan fingerprint density at radius 1 is 1.08 bits per heavy atom. The first kappa shape index (κ1) is 15.6. The third-order valence-electron chi connectivity index (χ3n) is 4.41. The average Bonchev–Trinajstić information content (AvgIpc) is 3.29. The van der Waals surface area contributed by atoms with Gasteiger partial charge in [0.15, 0.2) is 0 Å². The van der Waals surface area contributed by atoms with Crippen LogP contribution in [0.25, 0.3) is 22.5 Å². The van der Waals surface area contributed by atoms with Gasteiger partial charge in [0.25, 0.3) is 0 Å². The van der Waals surface area contributed by atoms with Crippen molar-refractivity contribution >= 4 is 11.0 Å². The van der Waals surface area contributed by atoms with Crippen LogP contribution in [0.3, 0.4) is 0 Å². The number of hydrogen-bond acceptors (Lipinski definition) is 4. The molecule has 1 N–H and O–H groups in total. The van der Waals surface area contributed by atoms with Crippen molar-refractivity contribution in [1.29, 1.82) is 0 Å². The van der Waals surface area contributed by atoms with Crippen molar-refractivity contribution in [3.8, 4) is 11.5 Å². The van der Waals surface area contributed by atoms with Crippen molar-refractivity contribution in [2.24, 2.45) is 0 Å². The molecule has 25 heavy (non-hydrogen) atoms. The number of rotatable bonds is 6. The number of nitrogens with one attached hydrogen (secondary N) is 1. The highest BCUT2D eigenvalue weighted by molar-refractivity contribution is 5.87. The Kier molecular flexibility index (Phi) is 4.31. The van der Waals surface area contributed by atoms with Gasteiger partial charge >= 0.3 is 0 Å². The second kappa shape index (κ2) is 6.91. The van der Waals surface area contributed by atoms with Gasteiger partial charge in [0.2, 0.25) is 0 Å². The number of H-pyrrole nitrogens is 1. The lowest BCUT2D eigenvalue weighted by molar-refractivity contribution is 0.332. The van der Waals surface area contributed by atoms with E-state index in [1.54, 1.807) is 6.26 Å². The van der Waals surface area contributed by atoms with Crippen molar-refractivity contribution in [1.82, 2.24) is 19.9 Å². The van der Waals surface area contributed by atoms with Crippen LogP contribution < -0.4 is 0 Å². The van der Waals surface area contributed by atoms with Crippen molar-refractivity contribution in [3.63, 3.8) is 0 Å². The summed E-state index contributed by atoms with van der Waals surface area (Å²) in [5.41, 5.74) is 4.42. The first-order chi connectivity index (χ1) is 12.3. The molecule has 4 aromatic heterocycles. The Labute approximate surface area is 146 Å². The van der Waals surface area contributed by atoms with Gasteiger partial charge in [-0.25, -0.2) is 4.98 Å². The molecule has 0 aliphatic heterocycles. The Bertz CT molecular complexity index is 944. The molecule has 0 aliphatic rings. The highest BCUT2D eigenvalue weighted by Crippen LogP contribution is 2.30. The normalized spacial score (nSPS) is 11.4. The molecule has 0 atom stereocenters. The molecule has 4 aromatic rings. The van der Waals surface area contributed by atoms with Gasteiger partial charge in [0.05, 0.1) is 12.0 Å². The van der Waals surface area contributed by atoms with E-state index in [0.29, 0.717) is 0 Å². The molecule has 0 amide bonds. The van der Waals surface area contributed by atoms with E-state index in [1.807, 2.05) is 36.8 Å². The number of fused-ring (bicyclic) bond motifs is 1. The van der Waals surface area contributed by atoms with Crippen molar-refractivity contribution in [3.05, 3.63) is 72.4 Å². The van der Waals surface area contributed by atoms with Gasteiger partial charge in [-0.1, -0.05) is 0 Å². The van der Waals surface area contributed by atoms with Crippen LogP contribution in [0.15, 0.2) is 65.7 Å². The second-order valence-electron chi connectivity index (χ2n) is 6.20. The van der Waals surface area contributed by atoms with Crippen LogP contribution in [-0.2, 0) is 13.0 Å². The fourth-order valence-corrected chi connectivity index (χ4v) is 3.09. The summed E-state index contributed by atoms with van der Waals surface area (Å²) < 4.78 is 5.62. The number of furan rings is 1. The third-order valence-corrected chi connectivity index (χ3v) is 4.41. The predicted octanol–water partition coefficient (Wildman–Crippen LogP) is 3.89. The molecule has 0 unspecified atom stereocenters. The summed E-state index contributed by atoms with van der Waals surface area (Å²) in [5.74, 6) is 0.843. The molecule has 5 heteroatoms. The molecular formula is C20H20N4O. The van der Waals surface area contributed by atoms with E-state index >= 15 is 0 Å². The van der Waals surface area contributed by atoms with Crippen molar-refractivity contribution in [2.75, 3.05) is 13.6 Å². The van der Waals surface area contributed by atoms with E-state index in [2.05, 4.69) is 45.1 Å². The second-order valence-corrected chi connectivity index (χ2v) is 6.20. The minimum atomic E-state index is 0.826. The highest BCUT2D eigenvalue weighted by Gasteiger charge is 2.17. The maximum absolute atomic E-state index is 5.62. The first-order valence-electron chi connectivity index (χ1n) is 8.38. The quantitative estimate of drug-likeness (QED) is 0.582. The highest BCUT2D eigenvalue weighted by atomic mass is 16.3. The minimum Gasteiger partial charge on any atom is -0.463 e. The van der Waals surface area contributed by atoms with Crippen LogP contribution in [0.1, 0.15) is 11.1 Å². The van der Waals surface area contributed by atoms with Crippen LogP contribution in [0, 0.1) is 0 Å². The molecule has 4 heterocycles. The summed E-state index contributed by atoms with van der Waals surface area (Å²) in [6.45, 7) is 1.79. The van der Waals surface area contributed by atoms with Crippen LogP contribution in [0.5, 0.6) is 0 Å². The zero-order valence-corrected chi connectivity index (χ0v) is 14.1. The summed E-state index contributed by atoms with van der Waals surface area (Å²) in [6, 6.07) is 12.1. The van der Waals surface area contributed by atoms with E-state index in [1.165, 1.54) is 11.1 Å². The van der Waals surface area contributed by atoms with Crippen LogP contribution in [-0.4, -0.2) is 33.4 Å². The maximum Gasteiger partial charge on any atom is 0.150 e. The molecule has 0 saturated heterocycles. The zero-order valence-electron chi connectivity index (χ0n) is 14.1. The molecule has 0 bridgehead atoms. The van der Waals surface area contributed by atoms with E-state index in [4.69, 9.17) is 4.42 Å². The van der Waals surface area contributed by atoms with Gasteiger partial charge in [0.1, 0.15) is 11.4 Å². The molecule has 0 fully saturated rings. The number of hydrogen-bond donors (Lipinski definition) is 1. The Hall–Kier alpha value is -2.92. The molecule has 0 aromatic carbocycles. The van der Waals surface area contributed by atoms with Crippen LogP contribution >= 0.6 is 0 Å². The van der Waals surface area contributed by atoms with E-state index in [9.17, 15) is 0 Å². The standard InChI is InChI=1S/C20H20N4O/c1-24(12-8-15-6-10-21-11-7-15)14-17-16-4-2-9-22-20(16)23-19(17)18-5-3-13-25-18/h2-7,9-11,13H,8,12,14H2,1H3,(H,22,23). The topological polar surface area (TPSA) is 58.0 Å². The number of aromatic nitrogens is 3. The average molecular weight is 332 g/mol. The largest absolute Gasteiger partial charge is 0.463 e. The summed E-state index contributed by atoms with van der Waals surface area (Å²) in [6.07, 6.45) is 8.19. The number of nitrogens with zero attached hydrogens (tertiary/aromatic N) is 3. The maximum atomic E-state index is 5.62. The van der Waals surface area contributed by atoms with Gasteiger partial charge in [-0.3, -0.25) is 4.98 Å². The van der Waals surface area contributed by atoms with E-state index < -0.39 is 0 Å². The van der Waals surface area contributed by atoms with E-state index in [-0.39, 0.29) is 0 Å². The number of likely N-dealkylation sites (N-methyl/N-ethyl adjacent to an activating group) is 1. The number of pyridine rings is 2. The third kappa shape index (κ3) is 3.32. The molecule has 0 aliphatic carbocycles. The lowest BCUT2D eigenvalue weighted by atomic mass is 10.1. The summed E-state index contributed by atoms with van der Waals surface area (Å²) >= 11 is 0. The molecule has 126 valence electrons. The van der Waals surface area contributed by atoms with Crippen LogP contribution in [0.2, 0.25) is 0 Å². The Balaban J connectivity index is 1.58. The molecule has 0 spiro atoms. The van der Waals surface area contributed by atoms with Gasteiger partial charge in [-0.15, -0.1) is 0 Å². The smallest absolute Gasteiger partial charge is 0.150 e. The lowest BCUT2D eigenvalue weighted by Crippen LogP contribution is -2.21. The van der Waals surface area contributed by atoms with Gasteiger partial charge in [0, 0.05) is 42.6 Å². The fourth-order valence-electron chi connectivity index (χ4n) is 3.09.